The van der Waals surface area contributed by atoms with Gasteiger partial charge in [0.05, 0.1) is 12.2 Å². The number of rotatable bonds is 2. The second kappa shape index (κ2) is 3.08. The molecule has 0 aliphatic heterocycles. The summed E-state index contributed by atoms with van der Waals surface area (Å²) in [6, 6.07) is 0. The Kier molecular flexibility index (Phi) is 1.90. The van der Waals surface area contributed by atoms with Crippen molar-refractivity contribution in [3.8, 4) is 0 Å². The lowest BCUT2D eigenvalue weighted by molar-refractivity contribution is 0.916. The van der Waals surface area contributed by atoms with E-state index in [0.29, 0.717) is 6.54 Å². The van der Waals surface area contributed by atoms with Crippen LogP contribution in [0, 0.1) is 6.92 Å². The van der Waals surface area contributed by atoms with Crippen molar-refractivity contribution in [1.29, 1.82) is 0 Å². The predicted octanol–water partition coefficient (Wildman–Crippen LogP) is 1.79. The van der Waals surface area contributed by atoms with Gasteiger partial charge in [-0.15, -0.1) is 0 Å². The Balaban J connectivity index is 2.64. The highest BCUT2D eigenvalue weighted by Gasteiger charge is 2.10. The third kappa shape index (κ3) is 1.13. The molecule has 2 aromatic rings. The fraction of sp³-hybridized carbons (Fsp3) is 0.375. The maximum Gasteiger partial charge on any atom is 0.139 e. The molecule has 72 valence electrons. The number of azide groups is 1. The molecule has 0 fully saturated rings. The standard InChI is InChI=1S/C8H10N6/c1-6-7(5-10-12-9)8-13(2)3-4-14(8)11-6/h3-4H,5H2,1-2H3. The highest BCUT2D eigenvalue weighted by atomic mass is 15.3. The van der Waals surface area contributed by atoms with Gasteiger partial charge in [0.1, 0.15) is 5.65 Å². The van der Waals surface area contributed by atoms with Crippen LogP contribution in [0.1, 0.15) is 11.3 Å². The number of fused-ring (bicyclic) bond motifs is 1. The molecule has 0 saturated carbocycles. The van der Waals surface area contributed by atoms with Crippen LogP contribution in [0.25, 0.3) is 16.1 Å². The second-order valence-electron chi connectivity index (χ2n) is 3.13. The zero-order valence-corrected chi connectivity index (χ0v) is 8.05. The van der Waals surface area contributed by atoms with E-state index < -0.39 is 0 Å². The zero-order valence-electron chi connectivity index (χ0n) is 8.05. The van der Waals surface area contributed by atoms with Crippen LogP contribution < -0.4 is 0 Å². The van der Waals surface area contributed by atoms with Gasteiger partial charge in [0, 0.05) is 29.9 Å². The van der Waals surface area contributed by atoms with Crippen LogP contribution in [0.15, 0.2) is 17.5 Å². The molecular weight excluding hydrogens is 180 g/mol. The summed E-state index contributed by atoms with van der Waals surface area (Å²) in [5.74, 6) is 0. The van der Waals surface area contributed by atoms with Crippen LogP contribution in [0.3, 0.4) is 0 Å². The smallest absolute Gasteiger partial charge is 0.139 e. The van der Waals surface area contributed by atoms with E-state index in [2.05, 4.69) is 15.1 Å². The van der Waals surface area contributed by atoms with Gasteiger partial charge in [-0.05, 0) is 12.5 Å². The molecule has 0 aromatic carbocycles. The van der Waals surface area contributed by atoms with E-state index in [9.17, 15) is 0 Å². The third-order valence-electron chi connectivity index (χ3n) is 2.24. The molecule has 0 aliphatic carbocycles. The molecule has 0 spiro atoms. The highest BCUT2D eigenvalue weighted by molar-refractivity contribution is 5.51. The van der Waals surface area contributed by atoms with Gasteiger partial charge in [-0.2, -0.15) is 5.10 Å². The van der Waals surface area contributed by atoms with E-state index in [1.807, 2.05) is 30.9 Å². The molecule has 0 bridgehead atoms. The molecule has 2 rings (SSSR count). The first-order chi connectivity index (χ1) is 6.74. The lowest BCUT2D eigenvalue weighted by Gasteiger charge is -1.95. The largest absolute Gasteiger partial charge is 0.334 e. The summed E-state index contributed by atoms with van der Waals surface area (Å²) in [5, 5.41) is 7.86. The van der Waals surface area contributed by atoms with E-state index in [4.69, 9.17) is 5.53 Å². The SMILES string of the molecule is Cc1nn2ccn(C)c2c1CN=[N+]=[N-]. The van der Waals surface area contributed by atoms with E-state index in [1.54, 1.807) is 4.52 Å². The molecule has 0 atom stereocenters. The van der Waals surface area contributed by atoms with Crippen LogP contribution >= 0.6 is 0 Å². The van der Waals surface area contributed by atoms with Crippen molar-refractivity contribution in [3.63, 3.8) is 0 Å². The van der Waals surface area contributed by atoms with Gasteiger partial charge in [0.15, 0.2) is 0 Å². The normalized spacial score (nSPS) is 10.4. The van der Waals surface area contributed by atoms with E-state index in [1.165, 1.54) is 0 Å². The highest BCUT2D eigenvalue weighted by Crippen LogP contribution is 2.16. The van der Waals surface area contributed by atoms with Gasteiger partial charge < -0.3 is 4.57 Å². The molecule has 0 radical (unpaired) electrons. The number of hydrogen-bond acceptors (Lipinski definition) is 2. The Hall–Kier alpha value is -1.94. The van der Waals surface area contributed by atoms with Crippen molar-refractivity contribution in [1.82, 2.24) is 14.2 Å². The topological polar surface area (TPSA) is 71.0 Å². The van der Waals surface area contributed by atoms with Crippen molar-refractivity contribution in [2.24, 2.45) is 12.2 Å². The third-order valence-corrected chi connectivity index (χ3v) is 2.24. The van der Waals surface area contributed by atoms with Gasteiger partial charge in [-0.1, -0.05) is 5.11 Å². The van der Waals surface area contributed by atoms with Gasteiger partial charge in [-0.25, -0.2) is 4.52 Å². The van der Waals surface area contributed by atoms with Crippen LogP contribution in [0.5, 0.6) is 0 Å². The fourth-order valence-corrected chi connectivity index (χ4v) is 1.57. The van der Waals surface area contributed by atoms with Crippen molar-refractivity contribution in [2.45, 2.75) is 13.5 Å². The van der Waals surface area contributed by atoms with Crippen molar-refractivity contribution >= 4 is 5.65 Å². The number of aryl methyl sites for hydroxylation is 2. The number of aromatic nitrogens is 3. The first kappa shape index (κ1) is 8.65. The number of nitrogens with zero attached hydrogens (tertiary/aromatic N) is 6. The van der Waals surface area contributed by atoms with Gasteiger partial charge in [0.2, 0.25) is 0 Å². The molecule has 14 heavy (non-hydrogen) atoms. The van der Waals surface area contributed by atoms with E-state index >= 15 is 0 Å². The lowest BCUT2D eigenvalue weighted by Crippen LogP contribution is -1.90. The van der Waals surface area contributed by atoms with Gasteiger partial charge in [0.25, 0.3) is 0 Å². The lowest BCUT2D eigenvalue weighted by atomic mass is 10.2. The minimum atomic E-state index is 0.351. The maximum absolute atomic E-state index is 8.27. The Morgan fingerprint density at radius 2 is 2.36 bits per heavy atom. The molecule has 0 saturated heterocycles. The summed E-state index contributed by atoms with van der Waals surface area (Å²) in [6.07, 6.45) is 3.79. The molecule has 6 nitrogen and oxygen atoms in total. The average molecular weight is 190 g/mol. The van der Waals surface area contributed by atoms with Crippen molar-refractivity contribution in [2.75, 3.05) is 0 Å². The van der Waals surface area contributed by atoms with E-state index in [-0.39, 0.29) is 0 Å². The molecule has 2 heterocycles. The van der Waals surface area contributed by atoms with Crippen molar-refractivity contribution in [3.05, 3.63) is 34.1 Å². The van der Waals surface area contributed by atoms with Gasteiger partial charge >= 0.3 is 0 Å². The Morgan fingerprint density at radius 3 is 3.07 bits per heavy atom. The second-order valence-corrected chi connectivity index (χ2v) is 3.13. The summed E-state index contributed by atoms with van der Waals surface area (Å²) < 4.78 is 3.75. The van der Waals surface area contributed by atoms with Crippen LogP contribution in [-0.4, -0.2) is 14.2 Å². The monoisotopic (exact) mass is 190 g/mol. The summed E-state index contributed by atoms with van der Waals surface area (Å²) in [7, 11) is 1.94. The minimum absolute atomic E-state index is 0.351. The molecule has 0 amide bonds. The summed E-state index contributed by atoms with van der Waals surface area (Å²) in [6.45, 7) is 2.26. The number of hydrogen-bond donors (Lipinski definition) is 0. The molecule has 2 aromatic heterocycles. The Bertz CT molecular complexity index is 513. The Morgan fingerprint density at radius 1 is 1.57 bits per heavy atom. The van der Waals surface area contributed by atoms with Crippen LogP contribution in [0.2, 0.25) is 0 Å². The minimum Gasteiger partial charge on any atom is -0.334 e. The fourth-order valence-electron chi connectivity index (χ4n) is 1.57. The molecular formula is C8H10N6. The predicted molar refractivity (Wildman–Crippen MR) is 51.8 cm³/mol. The number of imidazole rings is 1. The van der Waals surface area contributed by atoms with Crippen LogP contribution in [0.4, 0.5) is 0 Å². The summed E-state index contributed by atoms with van der Waals surface area (Å²) in [4.78, 5) is 2.75. The van der Waals surface area contributed by atoms with Crippen molar-refractivity contribution < 1.29 is 0 Å². The average Bonchev–Trinajstić information content (AvgIpc) is 2.64. The summed E-state index contributed by atoms with van der Waals surface area (Å²) in [5.41, 5.74) is 11.1. The van der Waals surface area contributed by atoms with Gasteiger partial charge in [-0.3, -0.25) is 0 Å². The molecule has 0 aliphatic rings. The molecule has 6 heteroatoms. The first-order valence-corrected chi connectivity index (χ1v) is 4.24. The molecule has 0 N–H and O–H groups in total. The maximum atomic E-state index is 8.27. The van der Waals surface area contributed by atoms with Crippen LogP contribution in [-0.2, 0) is 13.6 Å². The zero-order chi connectivity index (χ0) is 10.1. The Labute approximate surface area is 80.4 Å². The first-order valence-electron chi connectivity index (χ1n) is 4.24. The summed E-state index contributed by atoms with van der Waals surface area (Å²) >= 11 is 0. The quantitative estimate of drug-likeness (QED) is 0.404. The van der Waals surface area contributed by atoms with E-state index in [0.717, 1.165) is 16.9 Å². The molecule has 0 unspecified atom stereocenters.